The van der Waals surface area contributed by atoms with Gasteiger partial charge in [0.25, 0.3) is 0 Å². The summed E-state index contributed by atoms with van der Waals surface area (Å²) < 4.78 is 10.7. The highest BCUT2D eigenvalue weighted by molar-refractivity contribution is 5.70. The summed E-state index contributed by atoms with van der Waals surface area (Å²) in [6.45, 7) is 4.03. The van der Waals surface area contributed by atoms with Gasteiger partial charge in [0, 0.05) is 12.8 Å². The molecular weight excluding hydrogens is 789 g/mol. The molecular formula is C59H102O5. The van der Waals surface area contributed by atoms with Crippen molar-refractivity contribution in [2.75, 3.05) is 13.2 Å². The molecule has 0 aromatic carbocycles. The van der Waals surface area contributed by atoms with Crippen LogP contribution in [-0.2, 0) is 19.1 Å². The van der Waals surface area contributed by atoms with Gasteiger partial charge < -0.3 is 14.6 Å². The average Bonchev–Trinajstić information content (AvgIpc) is 3.30. The van der Waals surface area contributed by atoms with Crippen molar-refractivity contribution in [3.8, 4) is 0 Å². The highest BCUT2D eigenvalue weighted by Crippen LogP contribution is 2.15. The fraction of sp³-hybridized carbons (Fsp3) is 0.729. The minimum atomic E-state index is -0.780. The van der Waals surface area contributed by atoms with Crippen LogP contribution < -0.4 is 0 Å². The summed E-state index contributed by atoms with van der Waals surface area (Å²) in [5.41, 5.74) is 0. The Balaban J connectivity index is 3.52. The lowest BCUT2D eigenvalue weighted by Crippen LogP contribution is -2.28. The zero-order valence-corrected chi connectivity index (χ0v) is 42.0. The highest BCUT2D eigenvalue weighted by Gasteiger charge is 2.16. The van der Waals surface area contributed by atoms with Crippen molar-refractivity contribution in [1.29, 1.82) is 0 Å². The number of rotatable bonds is 49. The van der Waals surface area contributed by atoms with E-state index in [-0.39, 0.29) is 25.2 Å². The van der Waals surface area contributed by atoms with Crippen LogP contribution in [0.15, 0.2) is 85.1 Å². The largest absolute Gasteiger partial charge is 0.462 e. The summed E-state index contributed by atoms with van der Waals surface area (Å²) in [7, 11) is 0. The second-order valence-electron chi connectivity index (χ2n) is 17.9. The van der Waals surface area contributed by atoms with Crippen LogP contribution >= 0.6 is 0 Å². The first-order valence-electron chi connectivity index (χ1n) is 27.1. The van der Waals surface area contributed by atoms with Gasteiger partial charge in [-0.1, -0.05) is 240 Å². The summed E-state index contributed by atoms with van der Waals surface area (Å²) in [5, 5.41) is 9.65. The van der Waals surface area contributed by atoms with Crippen molar-refractivity contribution in [2.24, 2.45) is 0 Å². The Bertz CT molecular complexity index is 1190. The predicted molar refractivity (Wildman–Crippen MR) is 279 cm³/mol. The van der Waals surface area contributed by atoms with Crippen LogP contribution in [-0.4, -0.2) is 36.4 Å². The Hall–Kier alpha value is -2.92. The van der Waals surface area contributed by atoms with Gasteiger partial charge >= 0.3 is 11.9 Å². The molecule has 1 unspecified atom stereocenters. The summed E-state index contributed by atoms with van der Waals surface area (Å²) >= 11 is 0. The molecule has 1 atom stereocenters. The number of allylic oxidation sites excluding steroid dienone is 14. The SMILES string of the molecule is CC/C=C\C/C=C\C/C=C\C/C=C\CCCCCCCCCCCCCCC(=O)OC(CO)COC(=O)CCCCCCCCCCCC/C=C\C/C=C\C/C=C\CCCCCCC. The van der Waals surface area contributed by atoms with Crippen LogP contribution in [0.5, 0.6) is 0 Å². The first kappa shape index (κ1) is 61.1. The standard InChI is InChI=1S/C59H102O5/c1-3-5-7-9-11-13-15-17-19-21-23-25-27-29-31-33-35-37-39-41-43-45-47-49-51-53-58(61)63-56-57(55-60)64-59(62)54-52-50-48-46-44-42-40-38-36-34-32-30-28-26-24-22-20-18-16-14-12-10-8-6-4-2/h6,8,12,14-15,17-18,20-21,23-24,26-27,29,57,60H,3-5,7,9-11,13,16,19,22,25,28,30-56H2,1-2H3/b8-6-,14-12-,17-15-,20-18-,23-21-,26-24-,29-27-. The predicted octanol–water partition coefficient (Wildman–Crippen LogP) is 18.2. The first-order valence-corrected chi connectivity index (χ1v) is 27.1. The van der Waals surface area contributed by atoms with Gasteiger partial charge in [-0.2, -0.15) is 0 Å². The van der Waals surface area contributed by atoms with Crippen molar-refractivity contribution in [2.45, 2.75) is 264 Å². The molecule has 0 rings (SSSR count). The summed E-state index contributed by atoms with van der Waals surface area (Å²) in [5.74, 6) is -0.595. The lowest BCUT2D eigenvalue weighted by atomic mass is 10.0. The van der Waals surface area contributed by atoms with E-state index in [0.717, 1.165) is 77.0 Å². The Morgan fingerprint density at radius 3 is 1.02 bits per heavy atom. The van der Waals surface area contributed by atoms with E-state index in [9.17, 15) is 14.7 Å². The number of hydrogen-bond acceptors (Lipinski definition) is 5. The van der Waals surface area contributed by atoms with Crippen molar-refractivity contribution in [1.82, 2.24) is 0 Å². The summed E-state index contributed by atoms with van der Waals surface area (Å²) in [6.07, 6.45) is 75.4. The number of ether oxygens (including phenoxy) is 2. The molecule has 0 bridgehead atoms. The van der Waals surface area contributed by atoms with Gasteiger partial charge in [0.15, 0.2) is 6.10 Å². The Kier molecular flexibility index (Phi) is 51.9. The zero-order chi connectivity index (χ0) is 46.3. The molecule has 5 nitrogen and oxygen atoms in total. The number of aliphatic hydroxyl groups is 1. The van der Waals surface area contributed by atoms with E-state index in [1.165, 1.54) is 154 Å². The van der Waals surface area contributed by atoms with E-state index in [0.29, 0.717) is 12.8 Å². The topological polar surface area (TPSA) is 72.8 Å². The van der Waals surface area contributed by atoms with Crippen molar-refractivity contribution >= 4 is 11.9 Å². The number of unbranched alkanes of at least 4 members (excludes halogenated alkanes) is 27. The maximum Gasteiger partial charge on any atom is 0.306 e. The lowest BCUT2D eigenvalue weighted by molar-refractivity contribution is -0.161. The first-order chi connectivity index (χ1) is 31.6. The minimum absolute atomic E-state index is 0.0712. The molecule has 0 aliphatic carbocycles. The molecule has 0 aliphatic heterocycles. The second-order valence-corrected chi connectivity index (χ2v) is 17.9. The van der Waals surface area contributed by atoms with Crippen LogP contribution in [0.2, 0.25) is 0 Å². The van der Waals surface area contributed by atoms with Gasteiger partial charge in [0.05, 0.1) is 6.61 Å². The monoisotopic (exact) mass is 891 g/mol. The maximum atomic E-state index is 12.3. The van der Waals surface area contributed by atoms with Crippen molar-refractivity contribution < 1.29 is 24.2 Å². The molecule has 0 heterocycles. The fourth-order valence-corrected chi connectivity index (χ4v) is 7.61. The van der Waals surface area contributed by atoms with E-state index >= 15 is 0 Å². The number of carbonyl (C=O) groups is 2. The molecule has 0 aliphatic rings. The van der Waals surface area contributed by atoms with Crippen LogP contribution in [0.3, 0.4) is 0 Å². The van der Waals surface area contributed by atoms with E-state index in [4.69, 9.17) is 9.47 Å². The fourth-order valence-electron chi connectivity index (χ4n) is 7.61. The molecule has 0 fully saturated rings. The maximum absolute atomic E-state index is 12.3. The molecule has 368 valence electrons. The van der Waals surface area contributed by atoms with Crippen LogP contribution in [0.4, 0.5) is 0 Å². The van der Waals surface area contributed by atoms with Crippen LogP contribution in [0.1, 0.15) is 258 Å². The molecule has 0 saturated heterocycles. The van der Waals surface area contributed by atoms with E-state index in [1.807, 2.05) is 0 Å². The minimum Gasteiger partial charge on any atom is -0.462 e. The van der Waals surface area contributed by atoms with Gasteiger partial charge in [0.1, 0.15) is 6.61 Å². The van der Waals surface area contributed by atoms with Gasteiger partial charge in [-0.3, -0.25) is 9.59 Å². The van der Waals surface area contributed by atoms with Crippen molar-refractivity contribution in [3.63, 3.8) is 0 Å². The number of esters is 2. The van der Waals surface area contributed by atoms with Gasteiger partial charge in [-0.25, -0.2) is 0 Å². The normalized spacial score (nSPS) is 12.9. The molecule has 0 spiro atoms. The van der Waals surface area contributed by atoms with Crippen molar-refractivity contribution in [3.05, 3.63) is 85.1 Å². The van der Waals surface area contributed by atoms with Gasteiger partial charge in [0.2, 0.25) is 0 Å². The van der Waals surface area contributed by atoms with E-state index in [1.54, 1.807) is 0 Å². The van der Waals surface area contributed by atoms with E-state index < -0.39 is 6.10 Å². The summed E-state index contributed by atoms with van der Waals surface area (Å²) in [6, 6.07) is 0. The number of hydrogen-bond donors (Lipinski definition) is 1. The Morgan fingerprint density at radius 1 is 0.375 bits per heavy atom. The van der Waals surface area contributed by atoms with Gasteiger partial charge in [-0.05, 0) is 89.9 Å². The molecule has 1 N–H and O–H groups in total. The zero-order valence-electron chi connectivity index (χ0n) is 42.0. The molecule has 5 heteroatoms. The van der Waals surface area contributed by atoms with Gasteiger partial charge in [-0.15, -0.1) is 0 Å². The molecule has 0 amide bonds. The Labute approximate surface area is 396 Å². The average molecular weight is 891 g/mol. The van der Waals surface area contributed by atoms with Crippen LogP contribution in [0, 0.1) is 0 Å². The molecule has 0 aromatic heterocycles. The Morgan fingerprint density at radius 2 is 0.672 bits per heavy atom. The number of aliphatic hydroxyl groups excluding tert-OH is 1. The smallest absolute Gasteiger partial charge is 0.306 e. The molecule has 64 heavy (non-hydrogen) atoms. The summed E-state index contributed by atoms with van der Waals surface area (Å²) in [4.78, 5) is 24.5. The highest BCUT2D eigenvalue weighted by atomic mass is 16.6. The number of carbonyl (C=O) groups excluding carboxylic acids is 2. The third-order valence-corrected chi connectivity index (χ3v) is 11.7. The molecule has 0 radical (unpaired) electrons. The quantitative estimate of drug-likeness (QED) is 0.0374. The third-order valence-electron chi connectivity index (χ3n) is 11.7. The van der Waals surface area contributed by atoms with Crippen LogP contribution in [0.25, 0.3) is 0 Å². The molecule has 0 aromatic rings. The van der Waals surface area contributed by atoms with E-state index in [2.05, 4.69) is 98.9 Å². The second kappa shape index (κ2) is 54.4. The molecule has 0 saturated carbocycles. The third kappa shape index (κ3) is 51.7. The lowest BCUT2D eigenvalue weighted by Gasteiger charge is -2.15.